The standard InChI is InChI=1S/C13H18N4OS.HI/c1-10-4-5-12(19-10)8-15-13(14-2)17(3)9-11-6-7-18-16-11;/h4-7H,8-9H2,1-3H3,(H,14,15);1H. The van der Waals surface area contributed by atoms with E-state index in [-0.39, 0.29) is 24.0 Å². The molecule has 0 amide bonds. The van der Waals surface area contributed by atoms with Crippen LogP contribution in [0.5, 0.6) is 0 Å². The van der Waals surface area contributed by atoms with E-state index in [4.69, 9.17) is 4.52 Å². The third-order valence-corrected chi connectivity index (χ3v) is 3.68. The molecule has 110 valence electrons. The number of thiophene rings is 1. The zero-order chi connectivity index (χ0) is 13.7. The molecular formula is C13H19IN4OS. The number of hydrogen-bond donors (Lipinski definition) is 1. The number of aromatic nitrogens is 1. The summed E-state index contributed by atoms with van der Waals surface area (Å²) in [5, 5.41) is 7.24. The van der Waals surface area contributed by atoms with E-state index in [1.165, 1.54) is 9.75 Å². The Morgan fingerprint density at radius 2 is 2.25 bits per heavy atom. The van der Waals surface area contributed by atoms with Gasteiger partial charge in [0.25, 0.3) is 0 Å². The largest absolute Gasteiger partial charge is 0.364 e. The molecule has 0 fully saturated rings. The summed E-state index contributed by atoms with van der Waals surface area (Å²) in [6.07, 6.45) is 1.58. The first kappa shape index (κ1) is 17.0. The van der Waals surface area contributed by atoms with Crippen LogP contribution in [-0.2, 0) is 13.1 Å². The van der Waals surface area contributed by atoms with Gasteiger partial charge in [0.1, 0.15) is 12.0 Å². The summed E-state index contributed by atoms with van der Waals surface area (Å²) in [5.41, 5.74) is 0.886. The Morgan fingerprint density at radius 3 is 2.80 bits per heavy atom. The van der Waals surface area contributed by atoms with Gasteiger partial charge in [-0.1, -0.05) is 5.16 Å². The first-order valence-corrected chi connectivity index (χ1v) is 6.87. The van der Waals surface area contributed by atoms with E-state index in [0.717, 1.165) is 18.2 Å². The van der Waals surface area contributed by atoms with E-state index in [0.29, 0.717) is 6.54 Å². The molecule has 2 rings (SSSR count). The van der Waals surface area contributed by atoms with Gasteiger partial charge in [-0.3, -0.25) is 4.99 Å². The van der Waals surface area contributed by atoms with Gasteiger partial charge in [-0.05, 0) is 19.1 Å². The number of aryl methyl sites for hydroxylation is 1. The second kappa shape index (κ2) is 8.25. The predicted octanol–water partition coefficient (Wildman–Crippen LogP) is 2.87. The molecule has 0 radical (unpaired) electrons. The lowest BCUT2D eigenvalue weighted by Crippen LogP contribution is -2.37. The summed E-state index contributed by atoms with van der Waals surface area (Å²) < 4.78 is 4.83. The number of nitrogens with zero attached hydrogens (tertiary/aromatic N) is 3. The molecule has 1 N–H and O–H groups in total. The molecule has 2 aromatic rings. The van der Waals surface area contributed by atoms with Gasteiger partial charge >= 0.3 is 0 Å². The fraction of sp³-hybridized carbons (Fsp3) is 0.385. The smallest absolute Gasteiger partial charge is 0.194 e. The van der Waals surface area contributed by atoms with Gasteiger partial charge in [0.05, 0.1) is 13.1 Å². The molecule has 2 aromatic heterocycles. The predicted molar refractivity (Wildman–Crippen MR) is 92.6 cm³/mol. The van der Waals surface area contributed by atoms with Crippen LogP contribution in [0.3, 0.4) is 0 Å². The minimum Gasteiger partial charge on any atom is -0.364 e. The summed E-state index contributed by atoms with van der Waals surface area (Å²) in [4.78, 5) is 8.90. The van der Waals surface area contributed by atoms with Crippen molar-refractivity contribution >= 4 is 41.3 Å². The van der Waals surface area contributed by atoms with Crippen LogP contribution < -0.4 is 5.32 Å². The minimum atomic E-state index is 0. The molecule has 5 nitrogen and oxygen atoms in total. The second-order valence-electron chi connectivity index (χ2n) is 4.26. The van der Waals surface area contributed by atoms with Crippen molar-refractivity contribution in [3.8, 4) is 0 Å². The van der Waals surface area contributed by atoms with Crippen molar-refractivity contribution in [3.05, 3.63) is 39.9 Å². The first-order valence-electron chi connectivity index (χ1n) is 6.05. The topological polar surface area (TPSA) is 53.7 Å². The maximum absolute atomic E-state index is 4.83. The highest BCUT2D eigenvalue weighted by molar-refractivity contribution is 14.0. The maximum Gasteiger partial charge on any atom is 0.194 e. The van der Waals surface area contributed by atoms with Crippen LogP contribution in [0, 0.1) is 6.92 Å². The summed E-state index contributed by atoms with van der Waals surface area (Å²) >= 11 is 1.79. The van der Waals surface area contributed by atoms with Crippen LogP contribution >= 0.6 is 35.3 Å². The van der Waals surface area contributed by atoms with Crippen LogP contribution in [0.15, 0.2) is 34.0 Å². The molecule has 0 aromatic carbocycles. The summed E-state index contributed by atoms with van der Waals surface area (Å²) in [7, 11) is 3.75. The first-order chi connectivity index (χ1) is 9.19. The van der Waals surface area contributed by atoms with E-state index < -0.39 is 0 Å². The van der Waals surface area contributed by atoms with Gasteiger partial charge in [0.2, 0.25) is 0 Å². The van der Waals surface area contributed by atoms with Crippen molar-refractivity contribution < 1.29 is 4.52 Å². The number of rotatable bonds is 4. The third-order valence-electron chi connectivity index (χ3n) is 2.68. The number of hydrogen-bond acceptors (Lipinski definition) is 4. The third kappa shape index (κ3) is 4.78. The molecule has 0 atom stereocenters. The zero-order valence-electron chi connectivity index (χ0n) is 11.8. The summed E-state index contributed by atoms with van der Waals surface area (Å²) in [5.74, 6) is 0.842. The maximum atomic E-state index is 4.83. The van der Waals surface area contributed by atoms with Crippen molar-refractivity contribution in [1.82, 2.24) is 15.4 Å². The molecule has 20 heavy (non-hydrogen) atoms. The Balaban J connectivity index is 0.00000200. The van der Waals surface area contributed by atoms with Gasteiger partial charge in [0.15, 0.2) is 5.96 Å². The zero-order valence-corrected chi connectivity index (χ0v) is 14.9. The van der Waals surface area contributed by atoms with Crippen molar-refractivity contribution in [3.63, 3.8) is 0 Å². The highest BCUT2D eigenvalue weighted by Crippen LogP contribution is 2.14. The van der Waals surface area contributed by atoms with Crippen molar-refractivity contribution in [2.75, 3.05) is 14.1 Å². The Bertz CT molecular complexity index is 538. The van der Waals surface area contributed by atoms with Crippen LogP contribution in [0.1, 0.15) is 15.4 Å². The second-order valence-corrected chi connectivity index (χ2v) is 5.63. The SMILES string of the molecule is CN=C(NCc1ccc(C)s1)N(C)Cc1ccon1.I. The normalized spacial score (nSPS) is 11.1. The number of guanidine groups is 1. The average Bonchev–Trinajstić information content (AvgIpc) is 3.02. The number of nitrogens with one attached hydrogen (secondary N) is 1. The van der Waals surface area contributed by atoms with E-state index >= 15 is 0 Å². The highest BCUT2D eigenvalue weighted by Gasteiger charge is 2.08. The summed E-state index contributed by atoms with van der Waals surface area (Å²) in [6.45, 7) is 3.56. The Kier molecular flexibility index (Phi) is 7.00. The van der Waals surface area contributed by atoms with Gasteiger partial charge in [0, 0.05) is 29.9 Å². The van der Waals surface area contributed by atoms with E-state index in [1.54, 1.807) is 24.6 Å². The Hall–Kier alpha value is -1.09. The van der Waals surface area contributed by atoms with Gasteiger partial charge in [-0.25, -0.2) is 0 Å². The van der Waals surface area contributed by atoms with Gasteiger partial charge in [-0.2, -0.15) is 0 Å². The van der Waals surface area contributed by atoms with Crippen molar-refractivity contribution in [2.24, 2.45) is 4.99 Å². The molecule has 0 aliphatic rings. The molecule has 0 aliphatic carbocycles. The van der Waals surface area contributed by atoms with Crippen LogP contribution in [0.4, 0.5) is 0 Å². The van der Waals surface area contributed by atoms with Crippen LogP contribution in [0.25, 0.3) is 0 Å². The van der Waals surface area contributed by atoms with Crippen molar-refractivity contribution in [2.45, 2.75) is 20.0 Å². The molecule has 0 unspecified atom stereocenters. The molecule has 0 saturated heterocycles. The van der Waals surface area contributed by atoms with Gasteiger partial charge < -0.3 is 14.7 Å². The summed E-state index contributed by atoms with van der Waals surface area (Å²) in [6, 6.07) is 6.12. The van der Waals surface area contributed by atoms with E-state index in [1.807, 2.05) is 18.0 Å². The lowest BCUT2D eigenvalue weighted by molar-refractivity contribution is 0.391. The monoisotopic (exact) mass is 406 g/mol. The highest BCUT2D eigenvalue weighted by atomic mass is 127. The quantitative estimate of drug-likeness (QED) is 0.482. The number of halogens is 1. The molecule has 7 heteroatoms. The Morgan fingerprint density at radius 1 is 1.45 bits per heavy atom. The Labute approximate surface area is 140 Å². The lowest BCUT2D eigenvalue weighted by atomic mass is 10.4. The fourth-order valence-electron chi connectivity index (χ4n) is 1.77. The van der Waals surface area contributed by atoms with Crippen LogP contribution in [-0.4, -0.2) is 30.1 Å². The van der Waals surface area contributed by atoms with E-state index in [2.05, 4.69) is 34.5 Å². The average molecular weight is 406 g/mol. The fourth-order valence-corrected chi connectivity index (χ4v) is 2.60. The van der Waals surface area contributed by atoms with Crippen molar-refractivity contribution in [1.29, 1.82) is 0 Å². The number of aliphatic imine (C=N–C) groups is 1. The lowest BCUT2D eigenvalue weighted by Gasteiger charge is -2.20. The molecule has 0 bridgehead atoms. The molecule has 0 spiro atoms. The molecule has 2 heterocycles. The van der Waals surface area contributed by atoms with Gasteiger partial charge in [-0.15, -0.1) is 35.3 Å². The van der Waals surface area contributed by atoms with Crippen LogP contribution in [0.2, 0.25) is 0 Å². The molecular weight excluding hydrogens is 387 g/mol. The molecule has 0 aliphatic heterocycles. The van der Waals surface area contributed by atoms with E-state index in [9.17, 15) is 0 Å². The molecule has 0 saturated carbocycles. The minimum absolute atomic E-state index is 0.